The first-order valence-corrected chi connectivity index (χ1v) is 7.39. The highest BCUT2D eigenvalue weighted by Crippen LogP contribution is 2.39. The Morgan fingerprint density at radius 3 is 2.43 bits per heavy atom. The van der Waals surface area contributed by atoms with E-state index in [0.717, 1.165) is 11.3 Å². The first kappa shape index (κ1) is 14.2. The predicted molar refractivity (Wildman–Crippen MR) is 89.2 cm³/mol. The molecule has 0 saturated carbocycles. The molecule has 1 atom stereocenters. The fourth-order valence-corrected chi connectivity index (χ4v) is 3.03. The first-order valence-electron chi connectivity index (χ1n) is 6.63. The Balaban J connectivity index is 2.10. The highest BCUT2D eigenvalue weighted by atomic mass is 35.5. The molecule has 2 N–H and O–H groups in total. The van der Waals surface area contributed by atoms with E-state index in [-0.39, 0.29) is 5.54 Å². The number of benzene rings is 2. The summed E-state index contributed by atoms with van der Waals surface area (Å²) < 4.78 is 0. The molecule has 0 aliphatic carbocycles. The largest absolute Gasteiger partial charge is 0.369 e. The summed E-state index contributed by atoms with van der Waals surface area (Å²) in [6, 6.07) is 15.4. The third-order valence-corrected chi connectivity index (χ3v) is 4.40. The Hall–Kier alpha value is -1.71. The Morgan fingerprint density at radius 1 is 1.10 bits per heavy atom. The second-order valence-electron chi connectivity index (χ2n) is 5.24. The maximum atomic E-state index is 6.34. The van der Waals surface area contributed by atoms with Crippen LogP contribution < -0.4 is 10.6 Å². The van der Waals surface area contributed by atoms with Crippen LogP contribution in [0, 0.1) is 0 Å². The predicted octanol–water partition coefficient (Wildman–Crippen LogP) is 4.04. The van der Waals surface area contributed by atoms with Crippen LogP contribution in [-0.2, 0) is 5.54 Å². The number of anilines is 1. The summed E-state index contributed by atoms with van der Waals surface area (Å²) >= 11 is 12.3. The van der Waals surface area contributed by atoms with Crippen molar-refractivity contribution in [1.29, 1.82) is 0 Å². The van der Waals surface area contributed by atoms with E-state index in [1.165, 1.54) is 0 Å². The molecule has 2 aromatic rings. The van der Waals surface area contributed by atoms with E-state index in [0.29, 0.717) is 22.5 Å². The molecule has 1 aliphatic heterocycles. The molecule has 0 fully saturated rings. The first-order chi connectivity index (χ1) is 10.0. The van der Waals surface area contributed by atoms with Gasteiger partial charge in [-0.05, 0) is 36.8 Å². The number of hydrogen-bond donors (Lipinski definition) is 1. The summed E-state index contributed by atoms with van der Waals surface area (Å²) in [7, 11) is 0. The number of hydrogen-bond acceptors (Lipinski definition) is 3. The van der Waals surface area contributed by atoms with Crippen molar-refractivity contribution in [2.75, 3.05) is 11.4 Å². The molecule has 21 heavy (non-hydrogen) atoms. The van der Waals surface area contributed by atoms with Crippen molar-refractivity contribution in [2.24, 2.45) is 10.7 Å². The molecule has 2 aromatic carbocycles. The fraction of sp³-hybridized carbons (Fsp3) is 0.188. The zero-order valence-corrected chi connectivity index (χ0v) is 13.1. The molecule has 1 aliphatic rings. The molecule has 5 heteroatoms. The van der Waals surface area contributed by atoms with Crippen LogP contribution in [0.15, 0.2) is 53.5 Å². The molecule has 0 spiro atoms. The minimum atomic E-state index is -0.375. The van der Waals surface area contributed by atoms with Crippen molar-refractivity contribution in [1.82, 2.24) is 0 Å². The molecule has 0 radical (unpaired) electrons. The number of guanidine groups is 1. The average Bonchev–Trinajstić information content (AvgIpc) is 2.77. The number of para-hydroxylation sites is 1. The summed E-state index contributed by atoms with van der Waals surface area (Å²) in [6.45, 7) is 2.68. The van der Waals surface area contributed by atoms with Gasteiger partial charge in [0.25, 0.3) is 0 Å². The van der Waals surface area contributed by atoms with Crippen molar-refractivity contribution in [3.05, 3.63) is 64.1 Å². The lowest BCUT2D eigenvalue weighted by atomic mass is 9.90. The third kappa shape index (κ3) is 2.37. The number of nitrogens with zero attached hydrogens (tertiary/aromatic N) is 2. The van der Waals surface area contributed by atoms with Crippen LogP contribution >= 0.6 is 23.2 Å². The molecule has 3 nitrogen and oxygen atoms in total. The lowest BCUT2D eigenvalue weighted by Gasteiger charge is -2.37. The van der Waals surface area contributed by atoms with E-state index < -0.39 is 0 Å². The lowest BCUT2D eigenvalue weighted by Crippen LogP contribution is -2.47. The quantitative estimate of drug-likeness (QED) is 0.907. The van der Waals surface area contributed by atoms with Crippen LogP contribution in [0.1, 0.15) is 12.5 Å². The number of halogens is 2. The molecule has 3 rings (SSSR count). The highest BCUT2D eigenvalue weighted by Gasteiger charge is 2.41. The zero-order valence-electron chi connectivity index (χ0n) is 11.6. The molecule has 1 unspecified atom stereocenters. The Kier molecular flexibility index (Phi) is 3.56. The van der Waals surface area contributed by atoms with E-state index in [1.807, 2.05) is 53.4 Å². The van der Waals surface area contributed by atoms with Gasteiger partial charge in [0, 0.05) is 5.02 Å². The van der Waals surface area contributed by atoms with E-state index in [2.05, 4.69) is 11.9 Å². The topological polar surface area (TPSA) is 41.6 Å². The normalized spacial score (nSPS) is 21.5. The van der Waals surface area contributed by atoms with Crippen LogP contribution in [0.4, 0.5) is 5.69 Å². The van der Waals surface area contributed by atoms with Gasteiger partial charge in [0.05, 0.1) is 22.8 Å². The van der Waals surface area contributed by atoms with E-state index in [9.17, 15) is 0 Å². The van der Waals surface area contributed by atoms with Crippen molar-refractivity contribution < 1.29 is 0 Å². The number of aliphatic imine (C=N–C) groups is 1. The second kappa shape index (κ2) is 5.24. The van der Waals surface area contributed by atoms with Gasteiger partial charge in [-0.1, -0.05) is 47.5 Å². The summed E-state index contributed by atoms with van der Waals surface area (Å²) in [5, 5.41) is 1.36. The van der Waals surface area contributed by atoms with Gasteiger partial charge < -0.3 is 5.73 Å². The van der Waals surface area contributed by atoms with Crippen molar-refractivity contribution in [2.45, 2.75) is 12.5 Å². The fourth-order valence-electron chi connectivity index (χ4n) is 2.68. The molecule has 0 aromatic heterocycles. The number of rotatable bonds is 2. The molecule has 0 bridgehead atoms. The van der Waals surface area contributed by atoms with Crippen molar-refractivity contribution in [3.8, 4) is 0 Å². The van der Waals surface area contributed by atoms with E-state index in [4.69, 9.17) is 28.9 Å². The summed E-state index contributed by atoms with van der Waals surface area (Å²) in [6.07, 6.45) is 0. The number of nitrogens with two attached hydrogens (primary N) is 1. The molecule has 0 amide bonds. The molecule has 108 valence electrons. The Labute approximate surface area is 134 Å². The summed E-state index contributed by atoms with van der Waals surface area (Å²) in [4.78, 5) is 6.40. The standard InChI is InChI=1S/C16H15Cl2N3/c1-16(11-6-8-12(17)9-7-11)10-20-15(19)21(16)14-5-3-2-4-13(14)18/h2-9H,10H2,1H3,(H2,19,20). The second-order valence-corrected chi connectivity index (χ2v) is 6.09. The molecular formula is C16H15Cl2N3. The van der Waals surface area contributed by atoms with Crippen LogP contribution in [-0.4, -0.2) is 12.5 Å². The average molecular weight is 320 g/mol. The van der Waals surface area contributed by atoms with Gasteiger partial charge >= 0.3 is 0 Å². The lowest BCUT2D eigenvalue weighted by molar-refractivity contribution is 0.533. The van der Waals surface area contributed by atoms with Crippen LogP contribution in [0.2, 0.25) is 10.0 Å². The molecule has 0 saturated heterocycles. The van der Waals surface area contributed by atoms with Gasteiger partial charge in [-0.15, -0.1) is 0 Å². The van der Waals surface area contributed by atoms with Gasteiger partial charge in [0.15, 0.2) is 5.96 Å². The van der Waals surface area contributed by atoms with Gasteiger partial charge in [-0.3, -0.25) is 9.89 Å². The van der Waals surface area contributed by atoms with E-state index in [1.54, 1.807) is 0 Å². The highest BCUT2D eigenvalue weighted by molar-refractivity contribution is 6.34. The van der Waals surface area contributed by atoms with Crippen molar-refractivity contribution >= 4 is 34.8 Å². The maximum Gasteiger partial charge on any atom is 0.196 e. The van der Waals surface area contributed by atoms with Crippen LogP contribution in [0.5, 0.6) is 0 Å². The van der Waals surface area contributed by atoms with Gasteiger partial charge in [0.1, 0.15) is 0 Å². The smallest absolute Gasteiger partial charge is 0.196 e. The Morgan fingerprint density at radius 2 is 1.76 bits per heavy atom. The SMILES string of the molecule is CC1(c2ccc(Cl)cc2)CN=C(N)N1c1ccccc1Cl. The van der Waals surface area contributed by atoms with Crippen LogP contribution in [0.3, 0.4) is 0 Å². The molecular weight excluding hydrogens is 305 g/mol. The maximum absolute atomic E-state index is 6.34. The zero-order chi connectivity index (χ0) is 15.0. The van der Waals surface area contributed by atoms with Gasteiger partial charge in [-0.25, -0.2) is 0 Å². The minimum Gasteiger partial charge on any atom is -0.369 e. The third-order valence-electron chi connectivity index (χ3n) is 3.83. The monoisotopic (exact) mass is 319 g/mol. The van der Waals surface area contributed by atoms with Gasteiger partial charge in [-0.2, -0.15) is 0 Å². The van der Waals surface area contributed by atoms with Crippen LogP contribution in [0.25, 0.3) is 0 Å². The summed E-state index contributed by atoms with van der Waals surface area (Å²) in [5.41, 5.74) is 7.69. The van der Waals surface area contributed by atoms with Crippen molar-refractivity contribution in [3.63, 3.8) is 0 Å². The minimum absolute atomic E-state index is 0.375. The Bertz CT molecular complexity index is 697. The summed E-state index contributed by atoms with van der Waals surface area (Å²) in [5.74, 6) is 0.473. The van der Waals surface area contributed by atoms with Gasteiger partial charge in [0.2, 0.25) is 0 Å². The molecule has 1 heterocycles. The van der Waals surface area contributed by atoms with E-state index >= 15 is 0 Å².